The quantitative estimate of drug-likeness (QED) is 0.639. The highest BCUT2D eigenvalue weighted by atomic mass is 16.2. The molecule has 2 aliphatic rings. The first kappa shape index (κ1) is 21.7. The van der Waals surface area contributed by atoms with Crippen LogP contribution >= 0.6 is 0 Å². The number of benzene rings is 3. The second kappa shape index (κ2) is 9.02. The first-order valence-electron chi connectivity index (χ1n) is 11.4. The zero-order valence-corrected chi connectivity index (χ0v) is 19.0. The Morgan fingerprint density at radius 3 is 2.29 bits per heavy atom. The minimum absolute atomic E-state index is 0.0718. The number of fused-ring (bicyclic) bond motifs is 2. The highest BCUT2D eigenvalue weighted by molar-refractivity contribution is 6.15. The molecule has 3 aromatic rings. The Bertz CT molecular complexity index is 1250. The van der Waals surface area contributed by atoms with Gasteiger partial charge in [-0.3, -0.25) is 19.4 Å². The van der Waals surface area contributed by atoms with Crippen LogP contribution in [0.2, 0.25) is 0 Å². The third-order valence-electron chi connectivity index (χ3n) is 6.31. The Morgan fingerprint density at radius 2 is 1.53 bits per heavy atom. The Hall–Kier alpha value is -4.13. The van der Waals surface area contributed by atoms with Gasteiger partial charge in [0, 0.05) is 17.9 Å². The van der Waals surface area contributed by atoms with Gasteiger partial charge in [-0.1, -0.05) is 48.0 Å². The smallest absolute Gasteiger partial charge is 0.311 e. The third kappa shape index (κ3) is 4.12. The van der Waals surface area contributed by atoms with Gasteiger partial charge in [-0.25, -0.2) is 4.79 Å². The van der Waals surface area contributed by atoms with Gasteiger partial charge in [0.1, 0.15) is 13.1 Å². The van der Waals surface area contributed by atoms with Gasteiger partial charge in [0.25, 0.3) is 0 Å². The van der Waals surface area contributed by atoms with Crippen molar-refractivity contribution in [3.05, 3.63) is 83.9 Å². The molecule has 1 N–H and O–H groups in total. The molecular weight excluding hydrogens is 428 g/mol. The van der Waals surface area contributed by atoms with E-state index in [1.54, 1.807) is 23.1 Å². The second-order valence-corrected chi connectivity index (χ2v) is 8.63. The maximum absolute atomic E-state index is 13.3. The minimum atomic E-state index is -0.388. The standard InChI is InChI=1S/C27H26N4O3/c1-19-12-14-21(15-13-19)28-27(34)31-18-26(33)30(23-10-4-5-11-24(23)31)17-25(32)29-16-6-8-20-7-2-3-9-22(20)29/h2-5,7,9-15H,6,8,16-18H2,1H3,(H,28,34). The van der Waals surface area contributed by atoms with E-state index < -0.39 is 0 Å². The van der Waals surface area contributed by atoms with Gasteiger partial charge in [-0.15, -0.1) is 0 Å². The summed E-state index contributed by atoms with van der Waals surface area (Å²) in [6.45, 7) is 2.39. The number of hydrogen-bond acceptors (Lipinski definition) is 3. The summed E-state index contributed by atoms with van der Waals surface area (Å²) in [5, 5.41) is 2.86. The van der Waals surface area contributed by atoms with Crippen molar-refractivity contribution < 1.29 is 14.4 Å². The van der Waals surface area contributed by atoms with Gasteiger partial charge in [0.05, 0.1) is 11.4 Å². The van der Waals surface area contributed by atoms with E-state index in [1.807, 2.05) is 61.5 Å². The Balaban J connectivity index is 1.38. The number of carbonyl (C=O) groups is 3. The maximum Gasteiger partial charge on any atom is 0.326 e. The summed E-state index contributed by atoms with van der Waals surface area (Å²) < 4.78 is 0. The van der Waals surface area contributed by atoms with Crippen LogP contribution < -0.4 is 20.0 Å². The van der Waals surface area contributed by atoms with E-state index in [9.17, 15) is 14.4 Å². The van der Waals surface area contributed by atoms with Gasteiger partial charge in [-0.2, -0.15) is 0 Å². The summed E-state index contributed by atoms with van der Waals surface area (Å²) >= 11 is 0. The van der Waals surface area contributed by atoms with E-state index >= 15 is 0 Å². The zero-order chi connectivity index (χ0) is 23.7. The lowest BCUT2D eigenvalue weighted by molar-refractivity contribution is -0.122. The predicted octanol–water partition coefficient (Wildman–Crippen LogP) is 4.36. The van der Waals surface area contributed by atoms with E-state index in [-0.39, 0.29) is 30.9 Å². The molecule has 2 heterocycles. The SMILES string of the molecule is Cc1ccc(NC(=O)N2CC(=O)N(CC(=O)N3CCCc4ccccc43)c3ccccc32)cc1. The molecule has 3 aromatic carbocycles. The van der Waals surface area contributed by atoms with Gasteiger partial charge < -0.3 is 10.2 Å². The van der Waals surface area contributed by atoms with Crippen molar-refractivity contribution in [1.29, 1.82) is 0 Å². The number of nitrogens with zero attached hydrogens (tertiary/aromatic N) is 3. The fourth-order valence-corrected chi connectivity index (χ4v) is 4.56. The molecule has 0 saturated heterocycles. The summed E-state index contributed by atoms with van der Waals surface area (Å²) in [5.41, 5.74) is 4.95. The summed E-state index contributed by atoms with van der Waals surface area (Å²) in [6.07, 6.45) is 1.83. The molecule has 0 atom stereocenters. The van der Waals surface area contributed by atoms with E-state index in [0.29, 0.717) is 23.6 Å². The van der Waals surface area contributed by atoms with Crippen LogP contribution in [0.25, 0.3) is 0 Å². The molecule has 0 spiro atoms. The normalized spacial score (nSPS) is 15.0. The highest BCUT2D eigenvalue weighted by Gasteiger charge is 2.35. The zero-order valence-electron chi connectivity index (χ0n) is 19.0. The molecule has 0 aliphatic carbocycles. The molecule has 4 amide bonds. The lowest BCUT2D eigenvalue weighted by Crippen LogP contribution is -2.52. The Morgan fingerprint density at radius 1 is 0.853 bits per heavy atom. The van der Waals surface area contributed by atoms with Crippen molar-refractivity contribution >= 4 is 40.6 Å². The molecule has 7 nitrogen and oxygen atoms in total. The van der Waals surface area contributed by atoms with Crippen molar-refractivity contribution in [2.45, 2.75) is 19.8 Å². The van der Waals surface area contributed by atoms with Crippen molar-refractivity contribution in [2.24, 2.45) is 0 Å². The van der Waals surface area contributed by atoms with Crippen molar-refractivity contribution in [2.75, 3.05) is 39.7 Å². The molecule has 34 heavy (non-hydrogen) atoms. The average molecular weight is 455 g/mol. The summed E-state index contributed by atoms with van der Waals surface area (Å²) in [5.74, 6) is -0.427. The largest absolute Gasteiger partial charge is 0.326 e. The fourth-order valence-electron chi connectivity index (χ4n) is 4.56. The van der Waals surface area contributed by atoms with Crippen LogP contribution in [-0.2, 0) is 16.0 Å². The minimum Gasteiger partial charge on any atom is -0.311 e. The van der Waals surface area contributed by atoms with Gasteiger partial charge in [-0.05, 0) is 55.7 Å². The van der Waals surface area contributed by atoms with Crippen LogP contribution in [-0.4, -0.2) is 37.5 Å². The number of rotatable bonds is 3. The number of urea groups is 1. The number of para-hydroxylation sites is 3. The number of anilines is 4. The third-order valence-corrected chi connectivity index (χ3v) is 6.31. The summed E-state index contributed by atoms with van der Waals surface area (Å²) in [4.78, 5) is 44.2. The van der Waals surface area contributed by atoms with Crippen LogP contribution in [0.5, 0.6) is 0 Å². The summed E-state index contributed by atoms with van der Waals surface area (Å²) in [6, 6.07) is 22.2. The summed E-state index contributed by atoms with van der Waals surface area (Å²) in [7, 11) is 0. The van der Waals surface area contributed by atoms with Crippen LogP contribution in [0.15, 0.2) is 72.8 Å². The average Bonchev–Trinajstić information content (AvgIpc) is 2.86. The van der Waals surface area contributed by atoms with Gasteiger partial charge in [0.2, 0.25) is 11.8 Å². The Kier molecular flexibility index (Phi) is 5.76. The molecule has 0 unspecified atom stereocenters. The maximum atomic E-state index is 13.3. The predicted molar refractivity (Wildman–Crippen MR) is 133 cm³/mol. The van der Waals surface area contributed by atoms with Gasteiger partial charge >= 0.3 is 6.03 Å². The van der Waals surface area contributed by atoms with E-state index in [2.05, 4.69) is 5.32 Å². The molecular formula is C27H26N4O3. The van der Waals surface area contributed by atoms with Crippen molar-refractivity contribution in [3.63, 3.8) is 0 Å². The van der Waals surface area contributed by atoms with Crippen molar-refractivity contribution in [3.8, 4) is 0 Å². The van der Waals surface area contributed by atoms with Crippen LogP contribution in [0.3, 0.4) is 0 Å². The van der Waals surface area contributed by atoms with Crippen molar-refractivity contribution in [1.82, 2.24) is 0 Å². The lowest BCUT2D eigenvalue weighted by Gasteiger charge is -2.37. The van der Waals surface area contributed by atoms with Crippen LogP contribution in [0, 0.1) is 6.92 Å². The molecule has 0 radical (unpaired) electrons. The number of aryl methyl sites for hydroxylation is 2. The Labute approximate surface area is 198 Å². The molecule has 7 heteroatoms. The topological polar surface area (TPSA) is 73.0 Å². The molecule has 5 rings (SSSR count). The van der Waals surface area contributed by atoms with Crippen LogP contribution in [0.4, 0.5) is 27.5 Å². The number of hydrogen-bond donors (Lipinski definition) is 1. The first-order chi connectivity index (χ1) is 16.5. The second-order valence-electron chi connectivity index (χ2n) is 8.63. The fraction of sp³-hybridized carbons (Fsp3) is 0.222. The van der Waals surface area contributed by atoms with Crippen LogP contribution in [0.1, 0.15) is 17.5 Å². The monoisotopic (exact) mass is 454 g/mol. The molecule has 172 valence electrons. The highest BCUT2D eigenvalue weighted by Crippen LogP contribution is 2.34. The van der Waals surface area contributed by atoms with Gasteiger partial charge in [0.15, 0.2) is 0 Å². The lowest BCUT2D eigenvalue weighted by atomic mass is 10.0. The number of carbonyl (C=O) groups excluding carboxylic acids is 3. The number of nitrogens with one attached hydrogen (secondary N) is 1. The first-order valence-corrected chi connectivity index (χ1v) is 11.4. The molecule has 0 saturated carbocycles. The molecule has 2 aliphatic heterocycles. The van der Waals surface area contributed by atoms with E-state index in [4.69, 9.17) is 0 Å². The molecule has 0 bridgehead atoms. The van der Waals surface area contributed by atoms with E-state index in [1.165, 1.54) is 9.80 Å². The molecule has 0 aromatic heterocycles. The molecule has 0 fully saturated rings. The number of amides is 4. The van der Waals surface area contributed by atoms with E-state index in [0.717, 1.165) is 29.7 Å².